The van der Waals surface area contributed by atoms with Crippen molar-refractivity contribution in [1.29, 1.82) is 5.26 Å². The summed E-state index contributed by atoms with van der Waals surface area (Å²) >= 11 is 0.924. The number of esters is 1. The second-order valence-corrected chi connectivity index (χ2v) is 5.71. The molecule has 1 amide bonds. The van der Waals surface area contributed by atoms with Crippen molar-refractivity contribution in [2.45, 2.75) is 13.5 Å². The van der Waals surface area contributed by atoms with Gasteiger partial charge in [0.2, 0.25) is 0 Å². The molecule has 2 aromatic rings. The molecular weight excluding hydrogens is 330 g/mol. The van der Waals surface area contributed by atoms with Gasteiger partial charge in [-0.05, 0) is 31.2 Å². The van der Waals surface area contributed by atoms with Crippen LogP contribution in [0.5, 0.6) is 5.75 Å². The van der Waals surface area contributed by atoms with Crippen molar-refractivity contribution in [1.82, 2.24) is 0 Å². The van der Waals surface area contributed by atoms with E-state index in [-0.39, 0.29) is 28.7 Å². The Labute approximate surface area is 142 Å². The second-order valence-electron chi connectivity index (χ2n) is 4.66. The van der Waals surface area contributed by atoms with Crippen molar-refractivity contribution in [2.24, 2.45) is 5.73 Å². The molecule has 7 nitrogen and oxygen atoms in total. The molecule has 0 aliphatic rings. The number of benzene rings is 1. The van der Waals surface area contributed by atoms with Crippen LogP contribution in [0.4, 0.5) is 5.00 Å². The molecule has 8 heteroatoms. The van der Waals surface area contributed by atoms with Crippen LogP contribution in [-0.2, 0) is 11.3 Å². The van der Waals surface area contributed by atoms with Gasteiger partial charge < -0.3 is 20.9 Å². The Morgan fingerprint density at radius 3 is 2.50 bits per heavy atom. The average molecular weight is 345 g/mol. The molecule has 1 heterocycles. The van der Waals surface area contributed by atoms with Crippen LogP contribution in [0.2, 0.25) is 0 Å². The van der Waals surface area contributed by atoms with Crippen LogP contribution in [0.3, 0.4) is 0 Å². The van der Waals surface area contributed by atoms with E-state index >= 15 is 0 Å². The number of hydrogen-bond acceptors (Lipinski definition) is 7. The van der Waals surface area contributed by atoms with Gasteiger partial charge in [-0.1, -0.05) is 0 Å². The first-order valence-corrected chi connectivity index (χ1v) is 7.80. The molecule has 4 N–H and O–H groups in total. The SMILES string of the molecule is CCOC(=O)c1c(N)sc(C(N)=O)c1COc1ccc(C#N)cc1. The zero-order valence-electron chi connectivity index (χ0n) is 12.9. The molecule has 0 radical (unpaired) electrons. The number of carbonyl (C=O) groups is 2. The first kappa shape index (κ1) is 17.3. The summed E-state index contributed by atoms with van der Waals surface area (Å²) in [7, 11) is 0. The Hall–Kier alpha value is -3.05. The summed E-state index contributed by atoms with van der Waals surface area (Å²) in [5.41, 5.74) is 12.1. The summed E-state index contributed by atoms with van der Waals surface area (Å²) in [6, 6.07) is 8.42. The average Bonchev–Trinajstić information content (AvgIpc) is 2.90. The van der Waals surface area contributed by atoms with Gasteiger partial charge in [-0.3, -0.25) is 4.79 Å². The van der Waals surface area contributed by atoms with Gasteiger partial charge in [-0.15, -0.1) is 11.3 Å². The maximum absolute atomic E-state index is 12.1. The highest BCUT2D eigenvalue weighted by Crippen LogP contribution is 2.32. The van der Waals surface area contributed by atoms with Gasteiger partial charge in [0.25, 0.3) is 5.91 Å². The zero-order chi connectivity index (χ0) is 17.7. The number of carbonyl (C=O) groups excluding carboxylic acids is 2. The van der Waals surface area contributed by atoms with Crippen LogP contribution < -0.4 is 16.2 Å². The Bertz CT molecular complexity index is 806. The van der Waals surface area contributed by atoms with Gasteiger partial charge in [0, 0.05) is 5.56 Å². The smallest absolute Gasteiger partial charge is 0.341 e. The highest BCUT2D eigenvalue weighted by molar-refractivity contribution is 7.18. The number of nitriles is 1. The summed E-state index contributed by atoms with van der Waals surface area (Å²) in [5, 5.41) is 8.93. The van der Waals surface area contributed by atoms with E-state index in [2.05, 4.69) is 0 Å². The molecule has 0 saturated heterocycles. The monoisotopic (exact) mass is 345 g/mol. The fraction of sp³-hybridized carbons (Fsp3) is 0.188. The molecule has 0 atom stereocenters. The van der Waals surface area contributed by atoms with E-state index in [4.69, 9.17) is 26.2 Å². The van der Waals surface area contributed by atoms with Crippen LogP contribution in [0, 0.1) is 11.3 Å². The molecule has 0 spiro atoms. The summed E-state index contributed by atoms with van der Waals surface area (Å²) in [6.45, 7) is 1.77. The third kappa shape index (κ3) is 3.64. The largest absolute Gasteiger partial charge is 0.489 e. The Kier molecular flexibility index (Phi) is 5.39. The van der Waals surface area contributed by atoms with Crippen LogP contribution in [0.1, 0.15) is 38.1 Å². The van der Waals surface area contributed by atoms with Crippen molar-refractivity contribution in [2.75, 3.05) is 12.3 Å². The molecule has 2 rings (SSSR count). The van der Waals surface area contributed by atoms with Gasteiger partial charge >= 0.3 is 5.97 Å². The number of nitrogens with two attached hydrogens (primary N) is 2. The molecule has 0 fully saturated rings. The number of thiophene rings is 1. The fourth-order valence-corrected chi connectivity index (χ4v) is 2.94. The lowest BCUT2D eigenvalue weighted by atomic mass is 10.1. The topological polar surface area (TPSA) is 128 Å². The maximum atomic E-state index is 12.1. The minimum absolute atomic E-state index is 0.0774. The molecule has 1 aromatic carbocycles. The third-order valence-electron chi connectivity index (χ3n) is 3.10. The number of ether oxygens (including phenoxy) is 2. The van der Waals surface area contributed by atoms with Gasteiger partial charge in [0.05, 0.1) is 18.2 Å². The summed E-state index contributed by atoms with van der Waals surface area (Å²) in [5.74, 6) is -0.846. The minimum Gasteiger partial charge on any atom is -0.489 e. The van der Waals surface area contributed by atoms with E-state index in [1.54, 1.807) is 31.2 Å². The van der Waals surface area contributed by atoms with Crippen molar-refractivity contribution in [3.8, 4) is 11.8 Å². The van der Waals surface area contributed by atoms with E-state index in [9.17, 15) is 9.59 Å². The zero-order valence-corrected chi connectivity index (χ0v) is 13.7. The molecule has 0 saturated carbocycles. The normalized spacial score (nSPS) is 10.0. The van der Waals surface area contributed by atoms with Crippen LogP contribution in [0.25, 0.3) is 0 Å². The number of rotatable bonds is 6. The number of primary amides is 1. The molecule has 0 aliphatic heterocycles. The third-order valence-corrected chi connectivity index (χ3v) is 4.18. The molecule has 0 unspecified atom stereocenters. The highest BCUT2D eigenvalue weighted by atomic mass is 32.1. The van der Waals surface area contributed by atoms with Crippen LogP contribution >= 0.6 is 11.3 Å². The van der Waals surface area contributed by atoms with Gasteiger partial charge in [0.15, 0.2) is 0 Å². The van der Waals surface area contributed by atoms with Gasteiger partial charge in [-0.25, -0.2) is 4.79 Å². The second kappa shape index (κ2) is 7.48. The number of amides is 1. The van der Waals surface area contributed by atoms with E-state index < -0.39 is 11.9 Å². The van der Waals surface area contributed by atoms with Crippen molar-refractivity contribution >= 4 is 28.2 Å². The van der Waals surface area contributed by atoms with Crippen LogP contribution in [0.15, 0.2) is 24.3 Å². The summed E-state index contributed by atoms with van der Waals surface area (Å²) < 4.78 is 10.6. The first-order chi connectivity index (χ1) is 11.5. The van der Waals surface area contributed by atoms with Gasteiger partial charge in [-0.2, -0.15) is 5.26 Å². The molecule has 0 aliphatic carbocycles. The number of nitrogen functional groups attached to an aromatic ring is 1. The molecule has 24 heavy (non-hydrogen) atoms. The standard InChI is InChI=1S/C16H15N3O4S/c1-2-22-16(21)12-11(13(14(18)20)24-15(12)19)8-23-10-5-3-9(7-17)4-6-10/h3-6H,2,8,19H2,1H3,(H2,18,20). The van der Waals surface area contributed by atoms with E-state index in [1.165, 1.54) is 0 Å². The lowest BCUT2D eigenvalue weighted by Crippen LogP contribution is -2.15. The van der Waals surface area contributed by atoms with Crippen molar-refractivity contribution in [3.05, 3.63) is 45.8 Å². The Balaban J connectivity index is 2.31. The van der Waals surface area contributed by atoms with Gasteiger partial charge in [0.1, 0.15) is 27.8 Å². The van der Waals surface area contributed by atoms with E-state index in [0.717, 1.165) is 11.3 Å². The predicted octanol–water partition coefficient (Wildman–Crippen LogP) is 2.06. The molecule has 124 valence electrons. The first-order valence-electron chi connectivity index (χ1n) is 6.99. The van der Waals surface area contributed by atoms with Crippen LogP contribution in [-0.4, -0.2) is 18.5 Å². The molecular formula is C16H15N3O4S. The molecule has 0 bridgehead atoms. The molecule has 1 aromatic heterocycles. The van der Waals surface area contributed by atoms with E-state index in [1.807, 2.05) is 6.07 Å². The predicted molar refractivity (Wildman–Crippen MR) is 88.7 cm³/mol. The summed E-state index contributed by atoms with van der Waals surface area (Å²) in [4.78, 5) is 23.8. The number of hydrogen-bond donors (Lipinski definition) is 2. The number of nitrogens with zero attached hydrogens (tertiary/aromatic N) is 1. The lowest BCUT2D eigenvalue weighted by molar-refractivity contribution is 0.0525. The fourth-order valence-electron chi connectivity index (χ4n) is 2.03. The Morgan fingerprint density at radius 1 is 1.29 bits per heavy atom. The van der Waals surface area contributed by atoms with Crippen molar-refractivity contribution < 1.29 is 19.1 Å². The highest BCUT2D eigenvalue weighted by Gasteiger charge is 2.26. The summed E-state index contributed by atoms with van der Waals surface area (Å²) in [6.07, 6.45) is 0. The Morgan fingerprint density at radius 2 is 1.96 bits per heavy atom. The number of anilines is 1. The van der Waals surface area contributed by atoms with Crippen molar-refractivity contribution in [3.63, 3.8) is 0 Å². The quantitative estimate of drug-likeness (QED) is 0.771. The minimum atomic E-state index is -0.694. The lowest BCUT2D eigenvalue weighted by Gasteiger charge is -2.09. The van der Waals surface area contributed by atoms with E-state index in [0.29, 0.717) is 16.9 Å². The maximum Gasteiger partial charge on any atom is 0.341 e.